The second-order valence-electron chi connectivity index (χ2n) is 6.91. The number of ketones is 1. The van der Waals surface area contributed by atoms with E-state index in [2.05, 4.69) is 28.3 Å². The first-order chi connectivity index (χ1) is 13.7. The number of nitrogens with zero attached hydrogens (tertiary/aromatic N) is 3. The molecule has 0 radical (unpaired) electrons. The van der Waals surface area contributed by atoms with Gasteiger partial charge in [0.2, 0.25) is 0 Å². The fraction of sp³-hybridized carbons (Fsp3) is 0.0870. The Balaban J connectivity index is 1.45. The highest BCUT2D eigenvalue weighted by Crippen LogP contribution is 2.25. The number of aromatic nitrogens is 3. The molecule has 0 N–H and O–H groups in total. The Labute approximate surface area is 166 Å². The van der Waals surface area contributed by atoms with E-state index in [9.17, 15) is 4.79 Å². The van der Waals surface area contributed by atoms with Gasteiger partial charge >= 0.3 is 0 Å². The number of rotatable bonds is 4. The number of hydrogen-bond donors (Lipinski definition) is 0. The van der Waals surface area contributed by atoms with Gasteiger partial charge in [0.05, 0.1) is 12.6 Å². The standard InChI is InChI=1S/C23H17N3OS/c1-26-14-20(13-25-26)15-2-3-18-12-24-21(10-19(18)8-15)11-22(27)16-4-5-23-17(9-16)6-7-28-23/h2-10,12-14H,11H2,1H3. The van der Waals surface area contributed by atoms with E-state index in [4.69, 9.17) is 0 Å². The van der Waals surface area contributed by atoms with E-state index in [0.29, 0.717) is 6.42 Å². The van der Waals surface area contributed by atoms with Gasteiger partial charge in [-0.2, -0.15) is 5.10 Å². The van der Waals surface area contributed by atoms with Crippen LogP contribution in [0.25, 0.3) is 32.0 Å². The number of benzene rings is 2. The molecular weight excluding hydrogens is 366 g/mol. The summed E-state index contributed by atoms with van der Waals surface area (Å²) in [6, 6.07) is 16.2. The van der Waals surface area contributed by atoms with Gasteiger partial charge in [0, 0.05) is 46.3 Å². The Morgan fingerprint density at radius 1 is 0.964 bits per heavy atom. The predicted octanol–water partition coefficient (Wildman–Crippen LogP) is 5.28. The topological polar surface area (TPSA) is 47.8 Å². The molecule has 0 aliphatic heterocycles. The van der Waals surface area contributed by atoms with E-state index in [1.165, 1.54) is 4.70 Å². The molecule has 0 spiro atoms. The van der Waals surface area contributed by atoms with E-state index in [0.717, 1.165) is 38.5 Å². The molecule has 0 saturated carbocycles. The normalized spacial score (nSPS) is 11.3. The van der Waals surface area contributed by atoms with Gasteiger partial charge in [-0.15, -0.1) is 11.3 Å². The van der Waals surface area contributed by atoms with E-state index < -0.39 is 0 Å². The summed E-state index contributed by atoms with van der Waals surface area (Å²) in [5.74, 6) is 0.0864. The lowest BCUT2D eigenvalue weighted by Gasteiger charge is -2.05. The largest absolute Gasteiger partial charge is 0.294 e. The Kier molecular flexibility index (Phi) is 4.02. The van der Waals surface area contributed by atoms with Crippen molar-refractivity contribution in [1.82, 2.24) is 14.8 Å². The summed E-state index contributed by atoms with van der Waals surface area (Å²) in [5, 5.41) is 9.54. The quantitative estimate of drug-likeness (QED) is 0.397. The molecule has 0 amide bonds. The van der Waals surface area contributed by atoms with Crippen LogP contribution in [0.3, 0.4) is 0 Å². The van der Waals surface area contributed by atoms with Crippen molar-refractivity contribution in [1.29, 1.82) is 0 Å². The molecule has 0 unspecified atom stereocenters. The van der Waals surface area contributed by atoms with Crippen molar-refractivity contribution < 1.29 is 4.79 Å². The van der Waals surface area contributed by atoms with Crippen LogP contribution in [0, 0.1) is 0 Å². The fourth-order valence-corrected chi connectivity index (χ4v) is 4.21. The zero-order valence-electron chi connectivity index (χ0n) is 15.3. The second-order valence-corrected chi connectivity index (χ2v) is 7.86. The highest BCUT2D eigenvalue weighted by Gasteiger charge is 2.10. The Morgan fingerprint density at radius 3 is 2.75 bits per heavy atom. The third kappa shape index (κ3) is 3.10. The number of hydrogen-bond acceptors (Lipinski definition) is 4. The van der Waals surface area contributed by atoms with Gasteiger partial charge in [-0.25, -0.2) is 0 Å². The van der Waals surface area contributed by atoms with Crippen molar-refractivity contribution in [2.24, 2.45) is 7.05 Å². The number of fused-ring (bicyclic) bond motifs is 2. The van der Waals surface area contributed by atoms with Crippen LogP contribution in [-0.4, -0.2) is 20.5 Å². The van der Waals surface area contributed by atoms with Crippen LogP contribution >= 0.6 is 11.3 Å². The fourth-order valence-electron chi connectivity index (χ4n) is 3.44. The van der Waals surface area contributed by atoms with Gasteiger partial charge in [-0.1, -0.05) is 12.1 Å². The van der Waals surface area contributed by atoms with Crippen LogP contribution in [0.4, 0.5) is 0 Å². The lowest BCUT2D eigenvalue weighted by atomic mass is 10.0. The number of Topliss-reactive ketones (excluding diaryl/α,β-unsaturated/α-hetero) is 1. The molecule has 28 heavy (non-hydrogen) atoms. The van der Waals surface area contributed by atoms with E-state index >= 15 is 0 Å². The van der Waals surface area contributed by atoms with Crippen LogP contribution in [0.15, 0.2) is 72.5 Å². The Morgan fingerprint density at radius 2 is 1.89 bits per heavy atom. The predicted molar refractivity (Wildman–Crippen MR) is 114 cm³/mol. The molecule has 5 aromatic rings. The summed E-state index contributed by atoms with van der Waals surface area (Å²) in [6.07, 6.45) is 5.98. The van der Waals surface area contributed by atoms with Gasteiger partial charge in [0.15, 0.2) is 5.78 Å². The lowest BCUT2D eigenvalue weighted by molar-refractivity contribution is 0.0992. The molecule has 2 aromatic carbocycles. The molecule has 3 aromatic heterocycles. The maximum absolute atomic E-state index is 12.8. The maximum atomic E-state index is 12.8. The summed E-state index contributed by atoms with van der Waals surface area (Å²) in [4.78, 5) is 17.3. The average Bonchev–Trinajstić information content (AvgIpc) is 3.35. The molecule has 0 atom stereocenters. The van der Waals surface area contributed by atoms with Gasteiger partial charge < -0.3 is 0 Å². The zero-order valence-corrected chi connectivity index (χ0v) is 16.1. The van der Waals surface area contributed by atoms with E-state index in [1.807, 2.05) is 61.4 Å². The van der Waals surface area contributed by atoms with E-state index in [-0.39, 0.29) is 5.78 Å². The summed E-state index contributed by atoms with van der Waals surface area (Å²) in [6.45, 7) is 0. The first kappa shape index (κ1) is 16.8. The smallest absolute Gasteiger partial charge is 0.168 e. The van der Waals surface area contributed by atoms with Crippen molar-refractivity contribution in [2.45, 2.75) is 6.42 Å². The molecule has 5 heteroatoms. The Hall–Kier alpha value is -3.31. The number of carbonyl (C=O) groups is 1. The van der Waals surface area contributed by atoms with Gasteiger partial charge in [-0.3, -0.25) is 14.5 Å². The minimum Gasteiger partial charge on any atom is -0.294 e. The van der Waals surface area contributed by atoms with Crippen molar-refractivity contribution in [3.05, 3.63) is 83.8 Å². The zero-order chi connectivity index (χ0) is 19.1. The van der Waals surface area contributed by atoms with Crippen molar-refractivity contribution in [2.75, 3.05) is 0 Å². The summed E-state index contributed by atoms with van der Waals surface area (Å²) in [7, 11) is 1.91. The number of thiophene rings is 1. The summed E-state index contributed by atoms with van der Waals surface area (Å²) in [5.41, 5.74) is 3.69. The molecule has 136 valence electrons. The van der Waals surface area contributed by atoms with Gasteiger partial charge in [0.25, 0.3) is 0 Å². The van der Waals surface area contributed by atoms with Crippen molar-refractivity contribution in [3.63, 3.8) is 0 Å². The molecule has 0 aliphatic rings. The van der Waals surface area contributed by atoms with Gasteiger partial charge in [0.1, 0.15) is 0 Å². The summed E-state index contributed by atoms with van der Waals surface area (Å²) < 4.78 is 2.99. The summed E-state index contributed by atoms with van der Waals surface area (Å²) >= 11 is 1.68. The van der Waals surface area contributed by atoms with Gasteiger partial charge in [-0.05, 0) is 58.1 Å². The van der Waals surface area contributed by atoms with E-state index in [1.54, 1.807) is 16.0 Å². The first-order valence-electron chi connectivity index (χ1n) is 9.04. The molecule has 5 rings (SSSR count). The number of pyridine rings is 1. The molecule has 0 bridgehead atoms. The molecule has 0 saturated heterocycles. The van der Waals surface area contributed by atoms with Crippen LogP contribution in [0.2, 0.25) is 0 Å². The van der Waals surface area contributed by atoms with Crippen LogP contribution in [0.1, 0.15) is 16.1 Å². The lowest BCUT2D eigenvalue weighted by Crippen LogP contribution is -2.04. The van der Waals surface area contributed by atoms with Crippen LogP contribution in [0.5, 0.6) is 0 Å². The molecule has 3 heterocycles. The second kappa shape index (κ2) is 6.69. The average molecular weight is 383 g/mol. The minimum absolute atomic E-state index is 0.0864. The maximum Gasteiger partial charge on any atom is 0.168 e. The molecule has 0 fully saturated rings. The Bertz CT molecular complexity index is 1330. The molecular formula is C23H17N3OS. The van der Waals surface area contributed by atoms with Crippen molar-refractivity contribution in [3.8, 4) is 11.1 Å². The first-order valence-corrected chi connectivity index (χ1v) is 9.92. The minimum atomic E-state index is 0.0864. The monoisotopic (exact) mass is 383 g/mol. The van der Waals surface area contributed by atoms with Crippen molar-refractivity contribution >= 4 is 38.0 Å². The highest BCUT2D eigenvalue weighted by atomic mass is 32.1. The third-order valence-electron chi connectivity index (χ3n) is 4.93. The third-order valence-corrected chi connectivity index (χ3v) is 5.83. The molecule has 0 aliphatic carbocycles. The number of carbonyl (C=O) groups excluding carboxylic acids is 1. The van der Waals surface area contributed by atoms with Crippen LogP contribution < -0.4 is 0 Å². The SMILES string of the molecule is Cn1cc(-c2ccc3cnc(CC(=O)c4ccc5sccc5c4)cc3c2)cn1. The highest BCUT2D eigenvalue weighted by molar-refractivity contribution is 7.17. The number of aryl methyl sites for hydroxylation is 1. The molecule has 4 nitrogen and oxygen atoms in total. The van der Waals surface area contributed by atoms with Crippen LogP contribution in [-0.2, 0) is 13.5 Å².